The van der Waals surface area contributed by atoms with Crippen molar-refractivity contribution in [3.63, 3.8) is 0 Å². The number of pyridine rings is 1. The number of nitrogens with one attached hydrogen (secondary N) is 1. The maximum atomic E-state index is 5.81. The lowest BCUT2D eigenvalue weighted by Gasteiger charge is -2.10. The lowest BCUT2D eigenvalue weighted by atomic mass is 10.1. The number of para-hydroxylation sites is 1. The van der Waals surface area contributed by atoms with Gasteiger partial charge in [-0.15, -0.1) is 0 Å². The Kier molecular flexibility index (Phi) is 3.96. The van der Waals surface area contributed by atoms with Gasteiger partial charge in [-0.3, -0.25) is 4.98 Å². The summed E-state index contributed by atoms with van der Waals surface area (Å²) in [5.74, 6) is 1.75. The largest absolute Gasteiger partial charge is 0.439 e. The van der Waals surface area contributed by atoms with Crippen molar-refractivity contribution in [2.75, 3.05) is 5.32 Å². The molecule has 2 aromatic heterocycles. The van der Waals surface area contributed by atoms with Crippen molar-refractivity contribution in [2.45, 2.75) is 6.92 Å². The van der Waals surface area contributed by atoms with Gasteiger partial charge in [0.05, 0.1) is 0 Å². The highest BCUT2D eigenvalue weighted by atomic mass is 16.5. The number of anilines is 2. The molecule has 0 spiro atoms. The second-order valence-corrected chi connectivity index (χ2v) is 5.65. The molecular formula is C20H16N4O. The molecule has 4 aromatic rings. The van der Waals surface area contributed by atoms with E-state index in [0.29, 0.717) is 11.8 Å². The minimum Gasteiger partial charge on any atom is -0.439 e. The smallest absolute Gasteiger partial charge is 0.230 e. The molecule has 0 saturated carbocycles. The molecule has 5 heteroatoms. The molecule has 0 aliphatic rings. The van der Waals surface area contributed by atoms with Crippen LogP contribution < -0.4 is 10.1 Å². The molecule has 1 N–H and O–H groups in total. The molecule has 0 aliphatic carbocycles. The van der Waals surface area contributed by atoms with Gasteiger partial charge in [-0.2, -0.15) is 4.98 Å². The molecule has 0 amide bonds. The van der Waals surface area contributed by atoms with Crippen LogP contribution in [0.25, 0.3) is 10.8 Å². The summed E-state index contributed by atoms with van der Waals surface area (Å²) in [5, 5.41) is 5.43. The van der Waals surface area contributed by atoms with Crippen LogP contribution in [0.4, 0.5) is 11.6 Å². The van der Waals surface area contributed by atoms with Gasteiger partial charge in [-0.05, 0) is 42.6 Å². The van der Waals surface area contributed by atoms with Gasteiger partial charge in [0.25, 0.3) is 0 Å². The predicted octanol–water partition coefficient (Wildman–Crippen LogP) is 4.87. The van der Waals surface area contributed by atoms with Crippen LogP contribution in [0.15, 0.2) is 73.1 Å². The molecule has 0 saturated heterocycles. The highest BCUT2D eigenvalue weighted by Crippen LogP contribution is 2.24. The zero-order valence-electron chi connectivity index (χ0n) is 13.7. The van der Waals surface area contributed by atoms with Crippen LogP contribution in [0, 0.1) is 6.92 Å². The van der Waals surface area contributed by atoms with Gasteiger partial charge in [0.2, 0.25) is 11.8 Å². The molecule has 4 rings (SSSR count). The van der Waals surface area contributed by atoms with E-state index in [0.717, 1.165) is 27.9 Å². The van der Waals surface area contributed by atoms with Crippen molar-refractivity contribution in [2.24, 2.45) is 0 Å². The Morgan fingerprint density at radius 2 is 1.76 bits per heavy atom. The van der Waals surface area contributed by atoms with E-state index < -0.39 is 0 Å². The molecule has 5 nitrogen and oxygen atoms in total. The van der Waals surface area contributed by atoms with Crippen LogP contribution in [0.5, 0.6) is 11.6 Å². The summed E-state index contributed by atoms with van der Waals surface area (Å²) in [4.78, 5) is 13.0. The third kappa shape index (κ3) is 3.55. The topological polar surface area (TPSA) is 59.9 Å². The lowest BCUT2D eigenvalue weighted by molar-refractivity contribution is 0.462. The van der Waals surface area contributed by atoms with E-state index in [-0.39, 0.29) is 0 Å². The Morgan fingerprint density at radius 3 is 2.64 bits per heavy atom. The maximum absolute atomic E-state index is 5.81. The fourth-order valence-electron chi connectivity index (χ4n) is 2.55. The summed E-state index contributed by atoms with van der Waals surface area (Å²) in [6.45, 7) is 1.91. The lowest BCUT2D eigenvalue weighted by Crippen LogP contribution is -2.00. The summed E-state index contributed by atoms with van der Waals surface area (Å²) in [6.07, 6.45) is 3.62. The monoisotopic (exact) mass is 328 g/mol. The third-order valence-electron chi connectivity index (χ3n) is 3.69. The summed E-state index contributed by atoms with van der Waals surface area (Å²) >= 11 is 0. The number of hydrogen-bond acceptors (Lipinski definition) is 5. The van der Waals surface area contributed by atoms with Crippen LogP contribution in [-0.2, 0) is 0 Å². The van der Waals surface area contributed by atoms with E-state index in [4.69, 9.17) is 4.74 Å². The van der Waals surface area contributed by atoms with Gasteiger partial charge < -0.3 is 10.1 Å². The maximum Gasteiger partial charge on any atom is 0.230 e. The number of benzene rings is 2. The molecular weight excluding hydrogens is 312 g/mol. The fourth-order valence-corrected chi connectivity index (χ4v) is 2.55. The van der Waals surface area contributed by atoms with Crippen LogP contribution in [0.1, 0.15) is 5.69 Å². The second kappa shape index (κ2) is 6.57. The molecule has 0 fully saturated rings. The average molecular weight is 328 g/mol. The summed E-state index contributed by atoms with van der Waals surface area (Å²) in [6, 6.07) is 19.4. The molecule has 0 bridgehead atoms. The van der Waals surface area contributed by atoms with E-state index in [9.17, 15) is 0 Å². The summed E-state index contributed by atoms with van der Waals surface area (Å²) < 4.78 is 5.81. The molecule has 0 unspecified atom stereocenters. The van der Waals surface area contributed by atoms with Crippen molar-refractivity contribution in [1.29, 1.82) is 0 Å². The van der Waals surface area contributed by atoms with Gasteiger partial charge in [-0.1, -0.05) is 24.3 Å². The Bertz CT molecular complexity index is 1020. The Balaban J connectivity index is 1.61. The number of rotatable bonds is 4. The molecule has 2 heterocycles. The standard InChI is InChI=1S/C20H16N4O/c1-14-11-19(25-18-5-3-2-4-6-18)24-20(22-14)23-17-8-7-16-13-21-10-9-15(16)12-17/h2-13H,1H3,(H,22,23,24). The Hall–Kier alpha value is -3.47. The minimum absolute atomic E-state index is 0.499. The SMILES string of the molecule is Cc1cc(Oc2ccccc2)nc(Nc2ccc3cnccc3c2)n1. The Labute approximate surface area is 145 Å². The van der Waals surface area contributed by atoms with E-state index in [2.05, 4.69) is 20.3 Å². The van der Waals surface area contributed by atoms with Crippen LogP contribution in [-0.4, -0.2) is 15.0 Å². The molecule has 2 aromatic carbocycles. The van der Waals surface area contributed by atoms with Crippen molar-refractivity contribution < 1.29 is 4.74 Å². The molecule has 25 heavy (non-hydrogen) atoms. The molecule has 0 radical (unpaired) electrons. The second-order valence-electron chi connectivity index (χ2n) is 5.65. The number of ether oxygens (including phenoxy) is 1. The predicted molar refractivity (Wildman–Crippen MR) is 98.3 cm³/mol. The van der Waals surface area contributed by atoms with Gasteiger partial charge in [-0.25, -0.2) is 4.98 Å². The molecule has 0 atom stereocenters. The van der Waals surface area contributed by atoms with Gasteiger partial charge >= 0.3 is 0 Å². The highest BCUT2D eigenvalue weighted by Gasteiger charge is 2.06. The normalized spacial score (nSPS) is 10.6. The van der Waals surface area contributed by atoms with Gasteiger partial charge in [0, 0.05) is 35.2 Å². The first-order valence-electron chi connectivity index (χ1n) is 7.96. The van der Waals surface area contributed by atoms with Crippen molar-refractivity contribution in [3.05, 3.63) is 78.8 Å². The first-order chi connectivity index (χ1) is 12.3. The number of nitrogens with zero attached hydrogens (tertiary/aromatic N) is 3. The zero-order valence-corrected chi connectivity index (χ0v) is 13.7. The van der Waals surface area contributed by atoms with Crippen LogP contribution in [0.3, 0.4) is 0 Å². The van der Waals surface area contributed by atoms with E-state index in [1.54, 1.807) is 6.20 Å². The van der Waals surface area contributed by atoms with Crippen molar-refractivity contribution in [1.82, 2.24) is 15.0 Å². The summed E-state index contributed by atoms with van der Waals surface area (Å²) in [5.41, 5.74) is 1.74. The minimum atomic E-state index is 0.499. The van der Waals surface area contributed by atoms with Crippen molar-refractivity contribution in [3.8, 4) is 11.6 Å². The van der Waals surface area contributed by atoms with E-state index >= 15 is 0 Å². The fraction of sp³-hybridized carbons (Fsp3) is 0.0500. The van der Waals surface area contributed by atoms with Crippen LogP contribution >= 0.6 is 0 Å². The molecule has 0 aliphatic heterocycles. The van der Waals surface area contributed by atoms with Gasteiger partial charge in [0.15, 0.2) is 0 Å². The number of aryl methyl sites for hydroxylation is 1. The highest BCUT2D eigenvalue weighted by molar-refractivity contribution is 5.85. The first-order valence-corrected chi connectivity index (χ1v) is 7.96. The average Bonchev–Trinajstić information content (AvgIpc) is 2.62. The number of aromatic nitrogens is 3. The van der Waals surface area contributed by atoms with E-state index in [1.165, 1.54) is 0 Å². The van der Waals surface area contributed by atoms with Crippen LogP contribution in [0.2, 0.25) is 0 Å². The zero-order chi connectivity index (χ0) is 17.1. The number of hydrogen-bond donors (Lipinski definition) is 1. The van der Waals surface area contributed by atoms with E-state index in [1.807, 2.05) is 73.8 Å². The third-order valence-corrected chi connectivity index (χ3v) is 3.69. The Morgan fingerprint density at radius 1 is 0.880 bits per heavy atom. The van der Waals surface area contributed by atoms with Crippen molar-refractivity contribution >= 4 is 22.4 Å². The summed E-state index contributed by atoms with van der Waals surface area (Å²) in [7, 11) is 0. The number of fused-ring (bicyclic) bond motifs is 1. The van der Waals surface area contributed by atoms with Gasteiger partial charge in [0.1, 0.15) is 5.75 Å². The first kappa shape index (κ1) is 15.1. The molecule has 122 valence electrons. The quantitative estimate of drug-likeness (QED) is 0.579.